The van der Waals surface area contributed by atoms with Crippen LogP contribution in [-0.2, 0) is 29.1 Å². The molecule has 0 saturated heterocycles. The van der Waals surface area contributed by atoms with E-state index in [1.807, 2.05) is 69.5 Å². The zero-order chi connectivity index (χ0) is 35.0. The van der Waals surface area contributed by atoms with Gasteiger partial charge in [0.05, 0.1) is 30.7 Å². The minimum Gasteiger partial charge on any atom is -0.506 e. The number of fused-ring (bicyclic) bond motifs is 1. The molecule has 0 bridgehead atoms. The summed E-state index contributed by atoms with van der Waals surface area (Å²) < 4.78 is 6.33. The molecule has 3 atom stereocenters. The Kier molecular flexibility index (Phi) is 13.1. The van der Waals surface area contributed by atoms with Crippen molar-refractivity contribution in [1.29, 1.82) is 0 Å². The summed E-state index contributed by atoms with van der Waals surface area (Å²) in [6.45, 7) is 3.80. The molecule has 1 aliphatic carbocycles. The molecule has 48 heavy (non-hydrogen) atoms. The fourth-order valence-electron chi connectivity index (χ4n) is 6.88. The van der Waals surface area contributed by atoms with E-state index < -0.39 is 12.5 Å². The van der Waals surface area contributed by atoms with E-state index in [4.69, 9.17) is 4.42 Å². The van der Waals surface area contributed by atoms with Crippen molar-refractivity contribution >= 4 is 23.0 Å². The molecule has 10 nitrogen and oxygen atoms in total. The Bertz CT molecular complexity index is 1550. The number of likely N-dealkylation sites (N-methyl/N-ethyl adjacent to an activating group) is 1. The quantitative estimate of drug-likeness (QED) is 0.167. The molecule has 1 aliphatic rings. The first-order valence-electron chi connectivity index (χ1n) is 16.7. The van der Waals surface area contributed by atoms with E-state index in [1.165, 1.54) is 12.5 Å². The van der Waals surface area contributed by atoms with Gasteiger partial charge in [-0.25, -0.2) is 0 Å². The molecule has 4 rings (SSSR count). The van der Waals surface area contributed by atoms with Gasteiger partial charge in [-0.2, -0.15) is 0 Å². The summed E-state index contributed by atoms with van der Waals surface area (Å²) in [5, 5.41) is 31.4. The number of rotatable bonds is 18. The van der Waals surface area contributed by atoms with E-state index in [2.05, 4.69) is 21.9 Å². The number of carbonyl (C=O) groups excluding carboxylic acids is 3. The van der Waals surface area contributed by atoms with Crippen LogP contribution < -0.4 is 4.90 Å². The first kappa shape index (κ1) is 37.0. The van der Waals surface area contributed by atoms with Crippen molar-refractivity contribution in [2.75, 3.05) is 59.4 Å². The van der Waals surface area contributed by atoms with E-state index in [-0.39, 0.29) is 66.4 Å². The van der Waals surface area contributed by atoms with Crippen LogP contribution in [0.3, 0.4) is 0 Å². The lowest BCUT2D eigenvalue weighted by molar-refractivity contribution is -0.131. The summed E-state index contributed by atoms with van der Waals surface area (Å²) in [7, 11) is 7.88. The second-order valence-corrected chi connectivity index (χ2v) is 13.6. The molecule has 0 saturated carbocycles. The second-order valence-electron chi connectivity index (χ2n) is 13.6. The Morgan fingerprint density at radius 2 is 1.71 bits per heavy atom. The molecule has 0 spiro atoms. The van der Waals surface area contributed by atoms with Crippen LogP contribution in [0, 0.1) is 17.8 Å². The lowest BCUT2D eigenvalue weighted by Crippen LogP contribution is -2.33. The SMILES string of the molecule is CC(=O)CC(=O)C(CO)C(CCO)CC1CC(=O)c2c(O)c(-c3ccc(CN(CCN(C)C)Cc4ccccc4)o3)cc(N(C)C)c2C1. The Balaban J connectivity index is 1.60. The highest BCUT2D eigenvalue weighted by Crippen LogP contribution is 2.45. The summed E-state index contributed by atoms with van der Waals surface area (Å²) >= 11 is 0. The molecule has 0 amide bonds. The number of aliphatic hydroxyl groups excluding tert-OH is 2. The van der Waals surface area contributed by atoms with Gasteiger partial charge < -0.3 is 29.5 Å². The number of hydrogen-bond donors (Lipinski definition) is 3. The molecule has 2 aromatic carbocycles. The van der Waals surface area contributed by atoms with Gasteiger partial charge in [-0.3, -0.25) is 19.3 Å². The average Bonchev–Trinajstić information content (AvgIpc) is 3.48. The van der Waals surface area contributed by atoms with Gasteiger partial charge in [0.15, 0.2) is 5.78 Å². The smallest absolute Gasteiger partial charge is 0.167 e. The maximum atomic E-state index is 13.8. The first-order valence-corrected chi connectivity index (χ1v) is 16.7. The van der Waals surface area contributed by atoms with E-state index >= 15 is 0 Å². The third kappa shape index (κ3) is 9.41. The summed E-state index contributed by atoms with van der Waals surface area (Å²) in [6.07, 6.45) is 1.06. The normalized spacial score (nSPS) is 15.9. The molecule has 0 fully saturated rings. The Labute approximate surface area is 284 Å². The molecule has 0 aliphatic heterocycles. The Hall–Kier alpha value is -3.83. The standard InChI is InChI=1S/C38H51N3O7/c1-25(44)17-34(45)32(24-43)28(13-16-42)18-27-19-30-33(40(4)5)21-31(38(47)37(30)35(46)20-27)36-12-11-29(48-36)23-41(15-14-39(2)3)22-26-9-7-6-8-10-26/h6-12,21,27-28,32,42-43,47H,13-20,22-24H2,1-5H3. The van der Waals surface area contributed by atoms with Crippen LogP contribution in [0.2, 0.25) is 0 Å². The first-order chi connectivity index (χ1) is 22.9. The Morgan fingerprint density at radius 3 is 2.33 bits per heavy atom. The van der Waals surface area contributed by atoms with Crippen molar-refractivity contribution in [1.82, 2.24) is 9.80 Å². The number of phenolic OH excluding ortho intramolecular Hbond substituents is 1. The van der Waals surface area contributed by atoms with Crippen molar-refractivity contribution < 1.29 is 34.1 Å². The molecule has 1 aromatic heterocycles. The molecule has 3 N–H and O–H groups in total. The number of nitrogens with zero attached hydrogens (tertiary/aromatic N) is 3. The highest BCUT2D eigenvalue weighted by atomic mass is 16.3. The summed E-state index contributed by atoms with van der Waals surface area (Å²) in [5.41, 5.74) is 3.46. The molecule has 3 unspecified atom stereocenters. The lowest BCUT2D eigenvalue weighted by atomic mass is 9.73. The number of ketones is 3. The van der Waals surface area contributed by atoms with Gasteiger partial charge in [0.25, 0.3) is 0 Å². The summed E-state index contributed by atoms with van der Waals surface area (Å²) in [6, 6.07) is 15.9. The number of Topliss-reactive ketones (excluding diaryl/α,β-unsaturated/α-hetero) is 3. The third-order valence-electron chi connectivity index (χ3n) is 9.27. The molecule has 0 radical (unpaired) electrons. The van der Waals surface area contributed by atoms with Crippen molar-refractivity contribution in [3.05, 3.63) is 71.0 Å². The van der Waals surface area contributed by atoms with Gasteiger partial charge in [-0.1, -0.05) is 30.3 Å². The fourth-order valence-corrected chi connectivity index (χ4v) is 6.88. The molecule has 10 heteroatoms. The van der Waals surface area contributed by atoms with Gasteiger partial charge in [0.1, 0.15) is 28.8 Å². The van der Waals surface area contributed by atoms with Crippen LogP contribution in [-0.4, -0.2) is 97.0 Å². The highest BCUT2D eigenvalue weighted by Gasteiger charge is 2.36. The number of aliphatic hydroxyl groups is 2. The minimum absolute atomic E-state index is 0.106. The molecular weight excluding hydrogens is 610 g/mol. The van der Waals surface area contributed by atoms with Crippen LogP contribution >= 0.6 is 0 Å². The monoisotopic (exact) mass is 661 g/mol. The van der Waals surface area contributed by atoms with Crippen LogP contribution in [0.4, 0.5) is 5.69 Å². The number of aromatic hydroxyl groups is 1. The lowest BCUT2D eigenvalue weighted by Gasteiger charge is -2.33. The predicted octanol–water partition coefficient (Wildman–Crippen LogP) is 4.57. The maximum Gasteiger partial charge on any atom is 0.167 e. The number of furan rings is 1. The van der Waals surface area contributed by atoms with E-state index in [0.29, 0.717) is 30.7 Å². The van der Waals surface area contributed by atoms with Crippen molar-refractivity contribution in [3.63, 3.8) is 0 Å². The molecule has 260 valence electrons. The number of anilines is 1. The highest BCUT2D eigenvalue weighted by molar-refractivity contribution is 6.05. The van der Waals surface area contributed by atoms with E-state index in [9.17, 15) is 29.7 Å². The van der Waals surface area contributed by atoms with Gasteiger partial charge >= 0.3 is 0 Å². The number of benzene rings is 2. The van der Waals surface area contributed by atoms with Gasteiger partial charge in [-0.05, 0) is 81.4 Å². The summed E-state index contributed by atoms with van der Waals surface area (Å²) in [4.78, 5) is 44.5. The second kappa shape index (κ2) is 17.0. The fraction of sp³-hybridized carbons (Fsp3) is 0.500. The molecular formula is C38H51N3O7. The maximum absolute atomic E-state index is 13.8. The largest absolute Gasteiger partial charge is 0.506 e. The topological polar surface area (TPSA) is 135 Å². The van der Waals surface area contributed by atoms with Gasteiger partial charge in [0, 0.05) is 58.4 Å². The number of phenols is 1. The van der Waals surface area contributed by atoms with Crippen molar-refractivity contribution in [3.8, 4) is 17.1 Å². The van der Waals surface area contributed by atoms with E-state index in [0.717, 1.165) is 36.6 Å². The zero-order valence-corrected chi connectivity index (χ0v) is 28.9. The number of hydrogen-bond acceptors (Lipinski definition) is 10. The summed E-state index contributed by atoms with van der Waals surface area (Å²) in [5.74, 6) is -1.04. The number of carbonyl (C=O) groups is 3. The van der Waals surface area contributed by atoms with E-state index in [1.54, 1.807) is 0 Å². The molecule has 1 heterocycles. The van der Waals surface area contributed by atoms with Crippen LogP contribution in [0.1, 0.15) is 59.9 Å². The average molecular weight is 662 g/mol. The van der Waals surface area contributed by atoms with Crippen LogP contribution in [0.25, 0.3) is 11.3 Å². The predicted molar refractivity (Wildman–Crippen MR) is 186 cm³/mol. The van der Waals surface area contributed by atoms with Crippen molar-refractivity contribution in [2.24, 2.45) is 17.8 Å². The van der Waals surface area contributed by atoms with Gasteiger partial charge in [-0.15, -0.1) is 0 Å². The van der Waals surface area contributed by atoms with Crippen LogP contribution in [0.15, 0.2) is 52.9 Å². The minimum atomic E-state index is -0.790. The third-order valence-corrected chi connectivity index (χ3v) is 9.27. The van der Waals surface area contributed by atoms with Crippen molar-refractivity contribution in [2.45, 2.75) is 52.1 Å². The van der Waals surface area contributed by atoms with Gasteiger partial charge in [0.2, 0.25) is 0 Å². The Morgan fingerprint density at radius 1 is 0.979 bits per heavy atom. The molecule has 3 aromatic rings. The zero-order valence-electron chi connectivity index (χ0n) is 28.9. The van der Waals surface area contributed by atoms with Crippen LogP contribution in [0.5, 0.6) is 5.75 Å².